The van der Waals surface area contributed by atoms with E-state index in [1.807, 2.05) is 25.1 Å². The second-order valence-corrected chi connectivity index (χ2v) is 9.19. The monoisotopic (exact) mass is 447 g/mol. The molecule has 0 radical (unpaired) electrons. The number of aryl methyl sites for hydroxylation is 1. The number of carbonyl (C=O) groups excluding carboxylic acids is 1. The number of anilines is 1. The average molecular weight is 448 g/mol. The number of aromatic nitrogens is 1. The van der Waals surface area contributed by atoms with Crippen molar-refractivity contribution in [1.29, 1.82) is 0 Å². The van der Waals surface area contributed by atoms with Crippen LogP contribution in [-0.2, 0) is 10.0 Å². The zero-order valence-electron chi connectivity index (χ0n) is 15.0. The number of carbonyl (C=O) groups is 1. The molecule has 0 saturated heterocycles. The van der Waals surface area contributed by atoms with E-state index >= 15 is 0 Å². The van der Waals surface area contributed by atoms with Gasteiger partial charge in [0.25, 0.3) is 5.91 Å². The Morgan fingerprint density at radius 2 is 1.89 bits per heavy atom. The highest BCUT2D eigenvalue weighted by atomic mass is 79.9. The number of benzene rings is 2. The van der Waals surface area contributed by atoms with Crippen LogP contribution >= 0.6 is 15.9 Å². The summed E-state index contributed by atoms with van der Waals surface area (Å²) in [6, 6.07) is 11.9. The molecule has 1 amide bonds. The quantitative estimate of drug-likeness (QED) is 0.659. The Kier molecular flexibility index (Phi) is 5.32. The van der Waals surface area contributed by atoms with Crippen LogP contribution in [0.2, 0.25) is 0 Å². The van der Waals surface area contributed by atoms with Crippen LogP contribution in [-0.4, -0.2) is 37.7 Å². The predicted molar refractivity (Wildman–Crippen MR) is 109 cm³/mol. The number of nitrogens with zero attached hydrogens (tertiary/aromatic N) is 2. The summed E-state index contributed by atoms with van der Waals surface area (Å²) in [5.41, 5.74) is 2.68. The van der Waals surface area contributed by atoms with Crippen molar-refractivity contribution >= 4 is 48.5 Å². The summed E-state index contributed by atoms with van der Waals surface area (Å²) in [7, 11) is -0.791. The molecule has 2 aromatic carbocycles. The predicted octanol–water partition coefficient (Wildman–Crippen LogP) is 3.81. The molecule has 0 saturated carbocycles. The van der Waals surface area contributed by atoms with E-state index in [4.69, 9.17) is 0 Å². The Labute approximate surface area is 166 Å². The third kappa shape index (κ3) is 3.73. The maximum Gasteiger partial charge on any atom is 0.255 e. The first-order valence-electron chi connectivity index (χ1n) is 8.09. The molecule has 140 valence electrons. The van der Waals surface area contributed by atoms with Gasteiger partial charge in [0.2, 0.25) is 10.0 Å². The average Bonchev–Trinajstić information content (AvgIpc) is 2.64. The van der Waals surface area contributed by atoms with Gasteiger partial charge in [-0.3, -0.25) is 9.78 Å². The van der Waals surface area contributed by atoms with Crippen LogP contribution in [0.1, 0.15) is 15.9 Å². The molecule has 0 spiro atoms. The van der Waals surface area contributed by atoms with Gasteiger partial charge in [-0.15, -0.1) is 0 Å². The Bertz CT molecular complexity index is 1140. The number of hydrogen-bond donors (Lipinski definition) is 1. The smallest absolute Gasteiger partial charge is 0.255 e. The molecule has 1 aromatic heterocycles. The molecule has 3 rings (SSSR count). The minimum Gasteiger partial charge on any atom is -0.321 e. The second kappa shape index (κ2) is 7.38. The third-order valence-corrected chi connectivity index (χ3v) is 6.98. The van der Waals surface area contributed by atoms with Crippen molar-refractivity contribution in [2.45, 2.75) is 11.8 Å². The molecular formula is C19H18BrN3O3S. The van der Waals surface area contributed by atoms with E-state index < -0.39 is 15.9 Å². The summed E-state index contributed by atoms with van der Waals surface area (Å²) in [5.74, 6) is -0.397. The Balaban J connectivity index is 2.00. The van der Waals surface area contributed by atoms with E-state index in [0.717, 1.165) is 20.8 Å². The number of hydrogen-bond acceptors (Lipinski definition) is 4. The van der Waals surface area contributed by atoms with Gasteiger partial charge in [0.15, 0.2) is 0 Å². The molecule has 27 heavy (non-hydrogen) atoms. The van der Waals surface area contributed by atoms with Crippen molar-refractivity contribution in [1.82, 2.24) is 9.29 Å². The maximum absolute atomic E-state index is 12.7. The van der Waals surface area contributed by atoms with Crippen molar-refractivity contribution in [3.63, 3.8) is 0 Å². The molecule has 8 heteroatoms. The lowest BCUT2D eigenvalue weighted by molar-refractivity contribution is 0.102. The number of halogens is 1. The summed E-state index contributed by atoms with van der Waals surface area (Å²) in [6.07, 6.45) is 1.70. The topological polar surface area (TPSA) is 79.4 Å². The van der Waals surface area contributed by atoms with Gasteiger partial charge in [-0.25, -0.2) is 12.7 Å². The molecular weight excluding hydrogens is 430 g/mol. The molecule has 1 heterocycles. The first kappa shape index (κ1) is 19.5. The fraction of sp³-hybridized carbons (Fsp3) is 0.158. The van der Waals surface area contributed by atoms with E-state index in [0.29, 0.717) is 10.2 Å². The lowest BCUT2D eigenvalue weighted by Crippen LogP contribution is -2.23. The minimum atomic E-state index is -3.68. The molecule has 1 N–H and O–H groups in total. The maximum atomic E-state index is 12.7. The molecule has 0 bridgehead atoms. The minimum absolute atomic E-state index is 0.0376. The lowest BCUT2D eigenvalue weighted by atomic mass is 10.1. The number of fused-ring (bicyclic) bond motifs is 1. The molecule has 0 aliphatic rings. The van der Waals surface area contributed by atoms with Gasteiger partial charge in [-0.1, -0.05) is 6.07 Å². The van der Waals surface area contributed by atoms with Gasteiger partial charge >= 0.3 is 0 Å². The first-order chi connectivity index (χ1) is 12.7. The number of nitrogens with one attached hydrogen (secondary N) is 1. The number of sulfonamides is 1. The van der Waals surface area contributed by atoms with E-state index in [9.17, 15) is 13.2 Å². The van der Waals surface area contributed by atoms with E-state index in [1.165, 1.54) is 20.2 Å². The zero-order chi connectivity index (χ0) is 19.8. The number of pyridine rings is 1. The van der Waals surface area contributed by atoms with Gasteiger partial charge in [-0.2, -0.15) is 0 Å². The highest BCUT2D eigenvalue weighted by molar-refractivity contribution is 9.10. The highest BCUT2D eigenvalue weighted by Crippen LogP contribution is 2.27. The summed E-state index contributed by atoms with van der Waals surface area (Å²) < 4.78 is 26.4. The van der Waals surface area contributed by atoms with Gasteiger partial charge < -0.3 is 5.32 Å². The molecule has 3 aromatic rings. The largest absolute Gasteiger partial charge is 0.321 e. The zero-order valence-corrected chi connectivity index (χ0v) is 17.4. The van der Waals surface area contributed by atoms with E-state index in [-0.39, 0.29) is 10.5 Å². The van der Waals surface area contributed by atoms with Crippen molar-refractivity contribution in [3.8, 4) is 0 Å². The van der Waals surface area contributed by atoms with Crippen molar-refractivity contribution < 1.29 is 13.2 Å². The molecule has 6 nitrogen and oxygen atoms in total. The van der Waals surface area contributed by atoms with Crippen LogP contribution in [0.5, 0.6) is 0 Å². The number of amides is 1. The van der Waals surface area contributed by atoms with Gasteiger partial charge in [0.05, 0.1) is 16.1 Å². The fourth-order valence-corrected chi connectivity index (χ4v) is 4.50. The lowest BCUT2D eigenvalue weighted by Gasteiger charge is -2.14. The SMILES string of the molecule is Cc1ccc(NC(=O)c2ccc(Br)c(S(=O)(=O)N(C)C)c2)c2cccnc12. The summed E-state index contributed by atoms with van der Waals surface area (Å²) in [4.78, 5) is 17.1. The first-order valence-corrected chi connectivity index (χ1v) is 10.3. The van der Waals surface area contributed by atoms with Crippen molar-refractivity contribution in [2.75, 3.05) is 19.4 Å². The molecule has 0 atom stereocenters. The third-order valence-electron chi connectivity index (χ3n) is 4.17. The molecule has 0 fully saturated rings. The van der Waals surface area contributed by atoms with Crippen LogP contribution in [0.15, 0.2) is 58.0 Å². The van der Waals surface area contributed by atoms with Crippen LogP contribution in [0.4, 0.5) is 5.69 Å². The van der Waals surface area contributed by atoms with Gasteiger partial charge in [0, 0.05) is 35.7 Å². The summed E-state index contributed by atoms with van der Waals surface area (Å²) in [5, 5.41) is 3.68. The molecule has 0 aliphatic heterocycles. The Hall–Kier alpha value is -2.29. The van der Waals surface area contributed by atoms with Gasteiger partial charge in [0.1, 0.15) is 0 Å². The Morgan fingerprint density at radius 1 is 1.15 bits per heavy atom. The second-order valence-electron chi connectivity index (χ2n) is 6.22. The van der Waals surface area contributed by atoms with Crippen LogP contribution in [0.3, 0.4) is 0 Å². The highest BCUT2D eigenvalue weighted by Gasteiger charge is 2.22. The Morgan fingerprint density at radius 3 is 2.59 bits per heavy atom. The number of rotatable bonds is 4. The van der Waals surface area contributed by atoms with Crippen LogP contribution in [0, 0.1) is 6.92 Å². The van der Waals surface area contributed by atoms with Crippen LogP contribution in [0.25, 0.3) is 10.9 Å². The van der Waals surface area contributed by atoms with Crippen LogP contribution < -0.4 is 5.32 Å². The molecule has 0 unspecified atom stereocenters. The summed E-state index contributed by atoms with van der Waals surface area (Å²) in [6.45, 7) is 1.95. The fourth-order valence-electron chi connectivity index (χ4n) is 2.66. The van der Waals surface area contributed by atoms with Crippen molar-refractivity contribution in [3.05, 3.63) is 64.3 Å². The standard InChI is InChI=1S/C19H18BrN3O3S/c1-12-6-9-16(14-5-4-10-21-18(12)14)22-19(24)13-7-8-15(20)17(11-13)27(25,26)23(2)3/h4-11H,1-3H3,(H,22,24). The molecule has 0 aliphatic carbocycles. The van der Waals surface area contributed by atoms with E-state index in [1.54, 1.807) is 24.4 Å². The van der Waals surface area contributed by atoms with E-state index in [2.05, 4.69) is 26.2 Å². The van der Waals surface area contributed by atoms with Crippen molar-refractivity contribution in [2.24, 2.45) is 0 Å². The normalized spacial score (nSPS) is 11.7. The van der Waals surface area contributed by atoms with Gasteiger partial charge in [-0.05, 0) is 64.8 Å². The summed E-state index contributed by atoms with van der Waals surface area (Å²) >= 11 is 3.25.